The molecule has 28 heavy (non-hydrogen) atoms. The van der Waals surface area contributed by atoms with Crippen LogP contribution < -0.4 is 5.32 Å². The Morgan fingerprint density at radius 1 is 1.14 bits per heavy atom. The van der Waals surface area contributed by atoms with E-state index in [1.54, 1.807) is 12.3 Å². The first-order valence-corrected chi connectivity index (χ1v) is 10.1. The van der Waals surface area contributed by atoms with Crippen molar-refractivity contribution in [3.8, 4) is 0 Å². The molecule has 2 unspecified atom stereocenters. The number of hydrogen-bond acceptors (Lipinski definition) is 4. The number of hydrogen-bond donors (Lipinski definition) is 1. The molecule has 6 heteroatoms. The van der Waals surface area contributed by atoms with Crippen LogP contribution in [0.2, 0.25) is 0 Å². The van der Waals surface area contributed by atoms with Crippen LogP contribution in [-0.4, -0.2) is 29.0 Å². The van der Waals surface area contributed by atoms with Crippen LogP contribution in [0, 0.1) is 26.7 Å². The Bertz CT molecular complexity index is 932. The number of pyridine rings is 1. The predicted octanol–water partition coefficient (Wildman–Crippen LogP) is 3.83. The van der Waals surface area contributed by atoms with E-state index in [4.69, 9.17) is 0 Å². The maximum absolute atomic E-state index is 12.9. The molecule has 0 spiro atoms. The van der Waals surface area contributed by atoms with Gasteiger partial charge in [0.2, 0.25) is 0 Å². The number of benzene rings is 1. The predicted molar refractivity (Wildman–Crippen MR) is 110 cm³/mol. The molecule has 1 aromatic carbocycles. The van der Waals surface area contributed by atoms with Gasteiger partial charge in [0, 0.05) is 35.7 Å². The monoisotopic (exact) mass is 442 g/mol. The number of nitrogens with one attached hydrogen (secondary N) is 1. The third kappa shape index (κ3) is 4.22. The number of rotatable bonds is 5. The molecule has 5 nitrogen and oxygen atoms in total. The highest BCUT2D eigenvalue weighted by molar-refractivity contribution is 9.10. The molecule has 1 fully saturated rings. The van der Waals surface area contributed by atoms with Gasteiger partial charge in [-0.1, -0.05) is 17.7 Å². The van der Waals surface area contributed by atoms with E-state index in [2.05, 4.69) is 26.2 Å². The van der Waals surface area contributed by atoms with Crippen LogP contribution in [0.15, 0.2) is 35.1 Å². The number of amides is 1. The minimum Gasteiger partial charge on any atom is -0.352 e. The lowest BCUT2D eigenvalue weighted by Gasteiger charge is -2.16. The second-order valence-corrected chi connectivity index (χ2v) is 8.37. The summed E-state index contributed by atoms with van der Waals surface area (Å²) in [4.78, 5) is 41.7. The fourth-order valence-electron chi connectivity index (χ4n) is 4.05. The molecule has 1 heterocycles. The van der Waals surface area contributed by atoms with E-state index >= 15 is 0 Å². The van der Waals surface area contributed by atoms with Crippen LogP contribution in [0.5, 0.6) is 0 Å². The van der Waals surface area contributed by atoms with E-state index in [1.807, 2.05) is 32.9 Å². The zero-order chi connectivity index (χ0) is 20.4. The lowest BCUT2D eigenvalue weighted by atomic mass is 9.86. The lowest BCUT2D eigenvalue weighted by Crippen LogP contribution is -2.27. The van der Waals surface area contributed by atoms with Crippen molar-refractivity contribution < 1.29 is 14.4 Å². The minimum absolute atomic E-state index is 0.0208. The molecule has 0 radical (unpaired) electrons. The topological polar surface area (TPSA) is 76.1 Å². The SMILES string of the molecule is Cc1cc(C)c(C2C(=O)CC(CCNC(=O)c3cncc(Br)c3)C2=O)c(C)c1. The van der Waals surface area contributed by atoms with Crippen molar-refractivity contribution in [2.24, 2.45) is 5.92 Å². The zero-order valence-corrected chi connectivity index (χ0v) is 17.8. The largest absolute Gasteiger partial charge is 0.352 e. The summed E-state index contributed by atoms with van der Waals surface area (Å²) in [6.45, 7) is 6.26. The molecule has 1 amide bonds. The van der Waals surface area contributed by atoms with Crippen molar-refractivity contribution in [2.75, 3.05) is 6.54 Å². The van der Waals surface area contributed by atoms with Gasteiger partial charge in [0.05, 0.1) is 5.56 Å². The molecule has 146 valence electrons. The summed E-state index contributed by atoms with van der Waals surface area (Å²) in [7, 11) is 0. The Balaban J connectivity index is 1.65. The molecule has 2 aromatic rings. The Morgan fingerprint density at radius 3 is 2.46 bits per heavy atom. The summed E-state index contributed by atoms with van der Waals surface area (Å²) >= 11 is 3.29. The van der Waals surface area contributed by atoms with E-state index in [1.165, 1.54) is 6.20 Å². The first kappa shape index (κ1) is 20.4. The molecule has 0 saturated heterocycles. The molecular formula is C22H23BrN2O3. The van der Waals surface area contributed by atoms with E-state index in [0.717, 1.165) is 26.7 Å². The van der Waals surface area contributed by atoms with Gasteiger partial charge < -0.3 is 5.32 Å². The van der Waals surface area contributed by atoms with Crippen LogP contribution in [0.4, 0.5) is 0 Å². The maximum Gasteiger partial charge on any atom is 0.252 e. The molecule has 3 rings (SSSR count). The Hall–Kier alpha value is -2.34. The molecule has 0 bridgehead atoms. The average Bonchev–Trinajstić information content (AvgIpc) is 2.89. The number of carbonyl (C=O) groups is 3. The fraction of sp³-hybridized carbons (Fsp3) is 0.364. The molecule has 1 aromatic heterocycles. The van der Waals surface area contributed by atoms with Crippen molar-refractivity contribution in [1.29, 1.82) is 0 Å². The van der Waals surface area contributed by atoms with Gasteiger partial charge in [-0.2, -0.15) is 0 Å². The molecule has 1 saturated carbocycles. The second-order valence-electron chi connectivity index (χ2n) is 7.45. The highest BCUT2D eigenvalue weighted by Gasteiger charge is 2.42. The fourth-order valence-corrected chi connectivity index (χ4v) is 4.41. The van der Waals surface area contributed by atoms with Gasteiger partial charge >= 0.3 is 0 Å². The average molecular weight is 443 g/mol. The molecule has 2 atom stereocenters. The third-order valence-corrected chi connectivity index (χ3v) is 5.66. The molecular weight excluding hydrogens is 420 g/mol. The first-order chi connectivity index (χ1) is 13.3. The van der Waals surface area contributed by atoms with Gasteiger partial charge in [0.1, 0.15) is 11.7 Å². The van der Waals surface area contributed by atoms with Crippen LogP contribution in [0.25, 0.3) is 0 Å². The molecule has 1 N–H and O–H groups in total. The van der Waals surface area contributed by atoms with Crippen molar-refractivity contribution in [3.05, 3.63) is 62.9 Å². The van der Waals surface area contributed by atoms with Gasteiger partial charge in [0.25, 0.3) is 5.91 Å². The van der Waals surface area contributed by atoms with Crippen molar-refractivity contribution in [3.63, 3.8) is 0 Å². The summed E-state index contributed by atoms with van der Waals surface area (Å²) in [6.07, 6.45) is 3.79. The van der Waals surface area contributed by atoms with E-state index in [9.17, 15) is 14.4 Å². The van der Waals surface area contributed by atoms with Crippen LogP contribution in [-0.2, 0) is 9.59 Å². The summed E-state index contributed by atoms with van der Waals surface area (Å²) < 4.78 is 0.725. The van der Waals surface area contributed by atoms with Gasteiger partial charge in [-0.05, 0) is 65.9 Å². The van der Waals surface area contributed by atoms with Crippen LogP contribution >= 0.6 is 15.9 Å². The summed E-state index contributed by atoms with van der Waals surface area (Å²) in [5.41, 5.74) is 4.40. The number of aromatic nitrogens is 1. The summed E-state index contributed by atoms with van der Waals surface area (Å²) in [6, 6.07) is 5.72. The number of nitrogens with zero attached hydrogens (tertiary/aromatic N) is 1. The van der Waals surface area contributed by atoms with E-state index < -0.39 is 5.92 Å². The number of Topliss-reactive ketones (excluding diaryl/α,β-unsaturated/α-hetero) is 2. The van der Waals surface area contributed by atoms with Gasteiger partial charge in [-0.15, -0.1) is 0 Å². The standard InChI is InChI=1S/C22H23BrN2O3/c1-12-6-13(2)19(14(3)7-12)20-18(26)9-15(21(20)27)4-5-25-22(28)16-8-17(23)11-24-10-16/h6-8,10-11,15,20H,4-5,9H2,1-3H3,(H,25,28). The Morgan fingerprint density at radius 2 is 1.82 bits per heavy atom. The Labute approximate surface area is 173 Å². The quantitative estimate of drug-likeness (QED) is 0.713. The van der Waals surface area contributed by atoms with Crippen molar-refractivity contribution >= 4 is 33.4 Å². The molecule has 1 aliphatic carbocycles. The van der Waals surface area contributed by atoms with Crippen molar-refractivity contribution in [1.82, 2.24) is 10.3 Å². The number of ketones is 2. The van der Waals surface area contributed by atoms with Gasteiger partial charge in [-0.3, -0.25) is 19.4 Å². The summed E-state index contributed by atoms with van der Waals surface area (Å²) in [5.74, 6) is -1.31. The lowest BCUT2D eigenvalue weighted by molar-refractivity contribution is -0.124. The van der Waals surface area contributed by atoms with Gasteiger partial charge in [0.15, 0.2) is 5.78 Å². The van der Waals surface area contributed by atoms with Crippen LogP contribution in [0.1, 0.15) is 51.4 Å². The molecule has 1 aliphatic rings. The normalized spacial score (nSPS) is 19.1. The zero-order valence-electron chi connectivity index (χ0n) is 16.2. The highest BCUT2D eigenvalue weighted by atomic mass is 79.9. The van der Waals surface area contributed by atoms with E-state index in [0.29, 0.717) is 18.5 Å². The van der Waals surface area contributed by atoms with Crippen molar-refractivity contribution in [2.45, 2.75) is 39.5 Å². The van der Waals surface area contributed by atoms with Crippen LogP contribution in [0.3, 0.4) is 0 Å². The Kier molecular flexibility index (Phi) is 6.08. The number of carbonyl (C=O) groups excluding carboxylic acids is 3. The molecule has 0 aliphatic heterocycles. The van der Waals surface area contributed by atoms with E-state index in [-0.39, 0.29) is 29.8 Å². The maximum atomic E-state index is 12.9. The highest BCUT2D eigenvalue weighted by Crippen LogP contribution is 2.37. The first-order valence-electron chi connectivity index (χ1n) is 9.31. The number of halogens is 1. The second kappa shape index (κ2) is 8.35. The number of aryl methyl sites for hydroxylation is 3. The smallest absolute Gasteiger partial charge is 0.252 e. The van der Waals surface area contributed by atoms with Gasteiger partial charge in [-0.25, -0.2) is 0 Å². The minimum atomic E-state index is -0.671. The third-order valence-electron chi connectivity index (χ3n) is 5.23. The summed E-state index contributed by atoms with van der Waals surface area (Å²) in [5, 5.41) is 2.81.